The summed E-state index contributed by atoms with van der Waals surface area (Å²) in [6, 6.07) is 6.85. The van der Waals surface area contributed by atoms with Crippen molar-refractivity contribution in [2.45, 2.75) is 11.2 Å². The van der Waals surface area contributed by atoms with E-state index in [9.17, 15) is 4.39 Å². The predicted molar refractivity (Wildman–Crippen MR) is 73.8 cm³/mol. The SMILES string of the molecule is Fc1ccc(Br)c(C(Br)Cc2ccsc2)c1. The van der Waals surface area contributed by atoms with Crippen LogP contribution in [-0.4, -0.2) is 0 Å². The second-order valence-electron chi connectivity index (χ2n) is 3.47. The average Bonchev–Trinajstić information content (AvgIpc) is 2.74. The van der Waals surface area contributed by atoms with Crippen molar-refractivity contribution >= 4 is 43.2 Å². The van der Waals surface area contributed by atoms with Gasteiger partial charge in [-0.2, -0.15) is 11.3 Å². The minimum Gasteiger partial charge on any atom is -0.207 e. The monoisotopic (exact) mass is 362 g/mol. The Bertz CT molecular complexity index is 468. The van der Waals surface area contributed by atoms with E-state index in [0.717, 1.165) is 16.5 Å². The number of hydrogen-bond acceptors (Lipinski definition) is 1. The van der Waals surface area contributed by atoms with Crippen molar-refractivity contribution in [3.8, 4) is 0 Å². The molecule has 1 heterocycles. The number of halogens is 3. The van der Waals surface area contributed by atoms with Crippen LogP contribution >= 0.6 is 43.2 Å². The van der Waals surface area contributed by atoms with E-state index in [0.29, 0.717) is 0 Å². The highest BCUT2D eigenvalue weighted by Crippen LogP contribution is 2.33. The van der Waals surface area contributed by atoms with Crippen LogP contribution in [0.25, 0.3) is 0 Å². The molecule has 1 atom stereocenters. The van der Waals surface area contributed by atoms with Crippen LogP contribution in [0.3, 0.4) is 0 Å². The number of rotatable bonds is 3. The van der Waals surface area contributed by atoms with Crippen molar-refractivity contribution in [1.82, 2.24) is 0 Å². The first-order valence-electron chi connectivity index (χ1n) is 4.77. The van der Waals surface area contributed by atoms with E-state index in [1.165, 1.54) is 11.6 Å². The second kappa shape index (κ2) is 5.43. The molecule has 0 fully saturated rings. The van der Waals surface area contributed by atoms with Crippen molar-refractivity contribution < 1.29 is 4.39 Å². The lowest BCUT2D eigenvalue weighted by atomic mass is 10.1. The van der Waals surface area contributed by atoms with Crippen LogP contribution in [0.5, 0.6) is 0 Å². The van der Waals surface area contributed by atoms with Gasteiger partial charge in [0, 0.05) is 9.30 Å². The van der Waals surface area contributed by atoms with Gasteiger partial charge in [0.2, 0.25) is 0 Å². The molecular formula is C12H9Br2FS. The molecule has 0 aliphatic heterocycles. The molecule has 0 saturated carbocycles. The Hall–Kier alpha value is -0.190. The van der Waals surface area contributed by atoms with Crippen LogP contribution in [0.1, 0.15) is 16.0 Å². The highest BCUT2D eigenvalue weighted by Gasteiger charge is 2.13. The topological polar surface area (TPSA) is 0 Å². The maximum Gasteiger partial charge on any atom is 0.123 e. The van der Waals surface area contributed by atoms with Crippen molar-refractivity contribution in [2.75, 3.05) is 0 Å². The third kappa shape index (κ3) is 2.93. The van der Waals surface area contributed by atoms with Crippen molar-refractivity contribution in [3.05, 3.63) is 56.4 Å². The van der Waals surface area contributed by atoms with Gasteiger partial charge >= 0.3 is 0 Å². The van der Waals surface area contributed by atoms with E-state index >= 15 is 0 Å². The Morgan fingerprint density at radius 2 is 2.12 bits per heavy atom. The molecule has 2 aromatic rings. The lowest BCUT2D eigenvalue weighted by Gasteiger charge is -2.11. The smallest absolute Gasteiger partial charge is 0.123 e. The number of alkyl halides is 1. The van der Waals surface area contributed by atoms with Gasteiger partial charge in [0.05, 0.1) is 0 Å². The molecule has 0 radical (unpaired) electrons. The summed E-state index contributed by atoms with van der Waals surface area (Å²) in [5, 5.41) is 4.16. The van der Waals surface area contributed by atoms with Crippen LogP contribution in [0, 0.1) is 5.82 Å². The van der Waals surface area contributed by atoms with Crippen LogP contribution in [0.2, 0.25) is 0 Å². The molecule has 0 nitrogen and oxygen atoms in total. The van der Waals surface area contributed by atoms with Crippen LogP contribution in [0.4, 0.5) is 4.39 Å². The maximum absolute atomic E-state index is 13.1. The Morgan fingerprint density at radius 3 is 2.81 bits per heavy atom. The molecule has 0 amide bonds. The van der Waals surface area contributed by atoms with Gasteiger partial charge in [0.25, 0.3) is 0 Å². The minimum absolute atomic E-state index is 0.132. The summed E-state index contributed by atoms with van der Waals surface area (Å²) < 4.78 is 14.1. The van der Waals surface area contributed by atoms with Crippen LogP contribution in [0.15, 0.2) is 39.5 Å². The molecule has 0 aliphatic rings. The fraction of sp³-hybridized carbons (Fsp3) is 0.167. The summed E-state index contributed by atoms with van der Waals surface area (Å²) in [5.41, 5.74) is 2.22. The maximum atomic E-state index is 13.1. The fourth-order valence-corrected chi connectivity index (χ4v) is 3.74. The number of hydrogen-bond donors (Lipinski definition) is 0. The molecule has 84 valence electrons. The molecule has 0 bridgehead atoms. The fourth-order valence-electron chi connectivity index (χ4n) is 1.48. The third-order valence-corrected chi connectivity index (χ3v) is 4.56. The molecule has 4 heteroatoms. The summed E-state index contributed by atoms with van der Waals surface area (Å²) in [7, 11) is 0. The predicted octanol–water partition coefficient (Wildman–Crippen LogP) is 5.33. The molecule has 0 aliphatic carbocycles. The standard InChI is InChI=1S/C12H9Br2FS/c13-11-2-1-9(15)6-10(11)12(14)5-8-3-4-16-7-8/h1-4,6-7,12H,5H2. The molecule has 0 spiro atoms. The quantitative estimate of drug-likeness (QED) is 0.646. The van der Waals surface area contributed by atoms with E-state index in [1.807, 2.05) is 0 Å². The minimum atomic E-state index is -0.201. The van der Waals surface area contributed by atoms with Crippen molar-refractivity contribution in [3.63, 3.8) is 0 Å². The largest absolute Gasteiger partial charge is 0.207 e. The first kappa shape index (κ1) is 12.3. The normalized spacial score (nSPS) is 12.7. The first-order chi connectivity index (χ1) is 7.66. The Labute approximate surface area is 115 Å². The molecule has 1 unspecified atom stereocenters. The van der Waals surface area contributed by atoms with Gasteiger partial charge in [-0.1, -0.05) is 31.9 Å². The zero-order valence-electron chi connectivity index (χ0n) is 8.29. The summed E-state index contributed by atoms with van der Waals surface area (Å²) in [6.45, 7) is 0. The lowest BCUT2D eigenvalue weighted by Crippen LogP contribution is -1.96. The van der Waals surface area contributed by atoms with Gasteiger partial charge in [-0.15, -0.1) is 0 Å². The van der Waals surface area contributed by atoms with Gasteiger partial charge in [0.1, 0.15) is 5.82 Å². The molecule has 2 rings (SSSR count). The number of thiophene rings is 1. The Morgan fingerprint density at radius 1 is 1.31 bits per heavy atom. The van der Waals surface area contributed by atoms with Gasteiger partial charge in [-0.05, 0) is 52.6 Å². The van der Waals surface area contributed by atoms with E-state index in [4.69, 9.17) is 0 Å². The van der Waals surface area contributed by atoms with Gasteiger partial charge in [-0.3, -0.25) is 0 Å². The van der Waals surface area contributed by atoms with Gasteiger partial charge < -0.3 is 0 Å². The second-order valence-corrected chi connectivity index (χ2v) is 6.21. The van der Waals surface area contributed by atoms with Crippen LogP contribution in [-0.2, 0) is 6.42 Å². The molecule has 0 saturated heterocycles. The first-order valence-corrected chi connectivity index (χ1v) is 7.42. The third-order valence-electron chi connectivity index (χ3n) is 2.29. The van der Waals surface area contributed by atoms with Crippen LogP contribution < -0.4 is 0 Å². The molecule has 1 aromatic carbocycles. The highest BCUT2D eigenvalue weighted by molar-refractivity contribution is 9.11. The van der Waals surface area contributed by atoms with Gasteiger partial charge in [0.15, 0.2) is 0 Å². The summed E-state index contributed by atoms with van der Waals surface area (Å²) in [4.78, 5) is 0.132. The molecule has 1 aromatic heterocycles. The van der Waals surface area contributed by atoms with E-state index < -0.39 is 0 Å². The van der Waals surface area contributed by atoms with E-state index in [2.05, 4.69) is 48.7 Å². The average molecular weight is 364 g/mol. The zero-order chi connectivity index (χ0) is 11.5. The zero-order valence-corrected chi connectivity index (χ0v) is 12.3. The molecular weight excluding hydrogens is 355 g/mol. The van der Waals surface area contributed by atoms with Crippen molar-refractivity contribution in [1.29, 1.82) is 0 Å². The number of benzene rings is 1. The lowest BCUT2D eigenvalue weighted by molar-refractivity contribution is 0.624. The Kier molecular flexibility index (Phi) is 4.16. The summed E-state index contributed by atoms with van der Waals surface area (Å²) in [5.74, 6) is -0.201. The summed E-state index contributed by atoms with van der Waals surface area (Å²) >= 11 is 8.72. The van der Waals surface area contributed by atoms with E-state index in [-0.39, 0.29) is 10.6 Å². The highest BCUT2D eigenvalue weighted by atomic mass is 79.9. The molecule has 0 N–H and O–H groups in total. The van der Waals surface area contributed by atoms with Gasteiger partial charge in [-0.25, -0.2) is 4.39 Å². The Balaban J connectivity index is 2.20. The summed E-state index contributed by atoms with van der Waals surface area (Å²) in [6.07, 6.45) is 0.867. The molecule has 16 heavy (non-hydrogen) atoms. The van der Waals surface area contributed by atoms with Crippen molar-refractivity contribution in [2.24, 2.45) is 0 Å². The van der Waals surface area contributed by atoms with E-state index in [1.54, 1.807) is 23.5 Å².